The molecule has 0 N–H and O–H groups in total. The summed E-state index contributed by atoms with van der Waals surface area (Å²) in [7, 11) is 4.91. The third-order valence-electron chi connectivity index (χ3n) is 3.86. The van der Waals surface area contributed by atoms with E-state index >= 15 is 0 Å². The molecule has 0 aliphatic carbocycles. The molecule has 24 heavy (non-hydrogen) atoms. The number of fused-ring (bicyclic) bond motifs is 1. The minimum absolute atomic E-state index is 0.113. The number of methoxy groups -OCH3 is 2. The first-order valence-electron chi connectivity index (χ1n) is 7.49. The van der Waals surface area contributed by atoms with Crippen molar-refractivity contribution >= 4 is 5.91 Å². The minimum atomic E-state index is -0.113. The van der Waals surface area contributed by atoms with Gasteiger partial charge >= 0.3 is 0 Å². The van der Waals surface area contributed by atoms with Crippen LogP contribution >= 0.6 is 0 Å². The van der Waals surface area contributed by atoms with E-state index in [0.717, 1.165) is 5.56 Å². The Kier molecular flexibility index (Phi) is 4.46. The molecule has 0 radical (unpaired) electrons. The highest BCUT2D eigenvalue weighted by Gasteiger charge is 2.20. The van der Waals surface area contributed by atoms with E-state index in [1.807, 2.05) is 18.2 Å². The highest BCUT2D eigenvalue weighted by atomic mass is 16.7. The third kappa shape index (κ3) is 2.95. The van der Waals surface area contributed by atoms with Gasteiger partial charge in [-0.15, -0.1) is 0 Å². The van der Waals surface area contributed by atoms with Gasteiger partial charge in [-0.05, 0) is 24.3 Å². The molecule has 0 atom stereocenters. The molecule has 1 aliphatic rings. The lowest BCUT2D eigenvalue weighted by Crippen LogP contribution is -2.26. The van der Waals surface area contributed by atoms with Gasteiger partial charge in [0, 0.05) is 24.7 Å². The Morgan fingerprint density at radius 1 is 1.12 bits per heavy atom. The molecule has 3 rings (SSSR count). The normalized spacial score (nSPS) is 12.0. The number of ether oxygens (including phenoxy) is 4. The molecule has 2 aromatic carbocycles. The maximum absolute atomic E-state index is 12.7. The summed E-state index contributed by atoms with van der Waals surface area (Å²) in [4.78, 5) is 14.3. The van der Waals surface area contributed by atoms with E-state index in [9.17, 15) is 4.79 Å². The average molecular weight is 329 g/mol. The van der Waals surface area contributed by atoms with Crippen molar-refractivity contribution < 1.29 is 23.7 Å². The molecule has 0 fully saturated rings. The van der Waals surface area contributed by atoms with Crippen LogP contribution in [0.4, 0.5) is 0 Å². The van der Waals surface area contributed by atoms with Gasteiger partial charge in [0.2, 0.25) is 6.79 Å². The van der Waals surface area contributed by atoms with Gasteiger partial charge < -0.3 is 23.8 Å². The van der Waals surface area contributed by atoms with Crippen molar-refractivity contribution in [3.63, 3.8) is 0 Å². The van der Waals surface area contributed by atoms with Crippen molar-refractivity contribution in [3.05, 3.63) is 47.5 Å². The molecule has 6 nitrogen and oxygen atoms in total. The standard InChI is InChI=1S/C18H19NO5/c1-19(10-13-5-4-6-15(21-2)17(13)22-3)18(20)12-7-8-14-16(9-12)24-11-23-14/h4-9H,10-11H2,1-3H3. The fraction of sp³-hybridized carbons (Fsp3) is 0.278. The summed E-state index contributed by atoms with van der Waals surface area (Å²) in [6.07, 6.45) is 0. The lowest BCUT2D eigenvalue weighted by molar-refractivity contribution is 0.0783. The van der Waals surface area contributed by atoms with Crippen molar-refractivity contribution in [2.75, 3.05) is 28.1 Å². The van der Waals surface area contributed by atoms with E-state index in [1.54, 1.807) is 44.4 Å². The van der Waals surface area contributed by atoms with Gasteiger partial charge in [0.05, 0.1) is 14.2 Å². The number of benzene rings is 2. The van der Waals surface area contributed by atoms with Gasteiger partial charge in [-0.2, -0.15) is 0 Å². The second kappa shape index (κ2) is 6.70. The second-order valence-electron chi connectivity index (χ2n) is 5.38. The van der Waals surface area contributed by atoms with Crippen LogP contribution in [0.25, 0.3) is 0 Å². The molecule has 0 bridgehead atoms. The molecule has 1 aliphatic heterocycles. The molecule has 0 unspecified atom stereocenters. The summed E-state index contributed by atoms with van der Waals surface area (Å²) in [5.74, 6) is 2.40. The zero-order valence-corrected chi connectivity index (χ0v) is 13.9. The number of amides is 1. The maximum Gasteiger partial charge on any atom is 0.254 e. The van der Waals surface area contributed by atoms with Crippen LogP contribution in [0.1, 0.15) is 15.9 Å². The van der Waals surface area contributed by atoms with Crippen LogP contribution in [-0.4, -0.2) is 38.9 Å². The van der Waals surface area contributed by atoms with E-state index in [2.05, 4.69) is 0 Å². The lowest BCUT2D eigenvalue weighted by Gasteiger charge is -2.20. The monoisotopic (exact) mass is 329 g/mol. The van der Waals surface area contributed by atoms with E-state index in [4.69, 9.17) is 18.9 Å². The van der Waals surface area contributed by atoms with Crippen LogP contribution in [0.5, 0.6) is 23.0 Å². The number of hydrogen-bond donors (Lipinski definition) is 0. The Hall–Kier alpha value is -2.89. The van der Waals surface area contributed by atoms with Crippen molar-refractivity contribution in [1.29, 1.82) is 0 Å². The minimum Gasteiger partial charge on any atom is -0.493 e. The van der Waals surface area contributed by atoms with Crippen molar-refractivity contribution in [2.45, 2.75) is 6.54 Å². The number of carbonyl (C=O) groups excluding carboxylic acids is 1. The highest BCUT2D eigenvalue weighted by Crippen LogP contribution is 2.34. The first-order chi connectivity index (χ1) is 11.6. The molecule has 2 aromatic rings. The van der Waals surface area contributed by atoms with Crippen LogP contribution in [0.2, 0.25) is 0 Å². The molecular weight excluding hydrogens is 310 g/mol. The van der Waals surface area contributed by atoms with E-state index in [-0.39, 0.29) is 12.7 Å². The van der Waals surface area contributed by atoms with Crippen LogP contribution in [-0.2, 0) is 6.54 Å². The Bertz CT molecular complexity index is 759. The van der Waals surface area contributed by atoms with Crippen molar-refractivity contribution in [3.8, 4) is 23.0 Å². The summed E-state index contributed by atoms with van der Waals surface area (Å²) < 4.78 is 21.3. The molecule has 1 amide bonds. The third-order valence-corrected chi connectivity index (χ3v) is 3.86. The van der Waals surface area contributed by atoms with E-state index in [1.165, 1.54) is 0 Å². The maximum atomic E-state index is 12.7. The van der Waals surface area contributed by atoms with Gasteiger partial charge in [-0.3, -0.25) is 4.79 Å². The smallest absolute Gasteiger partial charge is 0.254 e. The van der Waals surface area contributed by atoms with Gasteiger partial charge in [-0.25, -0.2) is 0 Å². The fourth-order valence-electron chi connectivity index (χ4n) is 2.66. The number of rotatable bonds is 5. The predicted molar refractivity (Wildman–Crippen MR) is 87.9 cm³/mol. The van der Waals surface area contributed by atoms with Gasteiger partial charge in [0.25, 0.3) is 5.91 Å². The number of carbonyl (C=O) groups is 1. The fourth-order valence-corrected chi connectivity index (χ4v) is 2.66. The summed E-state index contributed by atoms with van der Waals surface area (Å²) in [5.41, 5.74) is 1.41. The summed E-state index contributed by atoms with van der Waals surface area (Å²) >= 11 is 0. The predicted octanol–water partition coefficient (Wildman–Crippen LogP) is 2.70. The average Bonchev–Trinajstić information content (AvgIpc) is 3.08. The molecule has 6 heteroatoms. The van der Waals surface area contributed by atoms with Crippen LogP contribution in [0.3, 0.4) is 0 Å². The Morgan fingerprint density at radius 3 is 2.67 bits per heavy atom. The first kappa shape index (κ1) is 16.0. The van der Waals surface area contributed by atoms with Crippen LogP contribution in [0, 0.1) is 0 Å². The molecular formula is C18H19NO5. The summed E-state index contributed by atoms with van der Waals surface area (Å²) in [6.45, 7) is 0.581. The molecule has 1 heterocycles. The quantitative estimate of drug-likeness (QED) is 0.844. The zero-order chi connectivity index (χ0) is 17.1. The Labute approximate surface area is 140 Å². The molecule has 0 saturated carbocycles. The number of hydrogen-bond acceptors (Lipinski definition) is 5. The number of nitrogens with zero attached hydrogens (tertiary/aromatic N) is 1. The second-order valence-corrected chi connectivity index (χ2v) is 5.38. The van der Waals surface area contributed by atoms with E-state index in [0.29, 0.717) is 35.1 Å². The molecule has 0 aromatic heterocycles. The van der Waals surface area contributed by atoms with Gasteiger partial charge in [0.15, 0.2) is 23.0 Å². The van der Waals surface area contributed by atoms with E-state index < -0.39 is 0 Å². The topological polar surface area (TPSA) is 57.2 Å². The zero-order valence-electron chi connectivity index (χ0n) is 13.9. The SMILES string of the molecule is COc1cccc(CN(C)C(=O)c2ccc3c(c2)OCO3)c1OC. The number of para-hydroxylation sites is 1. The van der Waals surface area contributed by atoms with Crippen molar-refractivity contribution in [2.24, 2.45) is 0 Å². The Morgan fingerprint density at radius 2 is 1.92 bits per heavy atom. The lowest BCUT2D eigenvalue weighted by atomic mass is 10.1. The summed E-state index contributed by atoms with van der Waals surface area (Å²) in [6, 6.07) is 10.8. The summed E-state index contributed by atoms with van der Waals surface area (Å²) in [5, 5.41) is 0. The van der Waals surface area contributed by atoms with Crippen LogP contribution < -0.4 is 18.9 Å². The highest BCUT2D eigenvalue weighted by molar-refractivity contribution is 5.94. The first-order valence-corrected chi connectivity index (χ1v) is 7.49. The Balaban J connectivity index is 1.80. The van der Waals surface area contributed by atoms with Crippen LogP contribution in [0.15, 0.2) is 36.4 Å². The van der Waals surface area contributed by atoms with Crippen molar-refractivity contribution in [1.82, 2.24) is 4.90 Å². The largest absolute Gasteiger partial charge is 0.493 e. The molecule has 0 saturated heterocycles. The molecule has 126 valence electrons. The van der Waals surface area contributed by atoms with Gasteiger partial charge in [-0.1, -0.05) is 12.1 Å². The molecule has 0 spiro atoms. The van der Waals surface area contributed by atoms with Gasteiger partial charge in [0.1, 0.15) is 0 Å².